The molecule has 2 heterocycles. The molecule has 0 amide bonds. The molecule has 1 aromatic carbocycles. The number of nitrogens with zero attached hydrogens (tertiary/aromatic N) is 3. The predicted molar refractivity (Wildman–Crippen MR) is 96.3 cm³/mol. The van der Waals surface area contributed by atoms with Gasteiger partial charge in [0.25, 0.3) is 5.69 Å². The lowest BCUT2D eigenvalue weighted by Crippen LogP contribution is -2.06. The number of pyridine rings is 1. The van der Waals surface area contributed by atoms with E-state index in [4.69, 9.17) is 16.0 Å². The Labute approximate surface area is 160 Å². The number of aromatic nitrogens is 1. The molecule has 7 nitrogen and oxygen atoms in total. The lowest BCUT2D eigenvalue weighted by molar-refractivity contribution is -0.384. The summed E-state index contributed by atoms with van der Waals surface area (Å²) < 4.78 is 43.3. The van der Waals surface area contributed by atoms with Gasteiger partial charge in [-0.05, 0) is 30.3 Å². The van der Waals surface area contributed by atoms with Gasteiger partial charge in [-0.3, -0.25) is 15.5 Å². The van der Waals surface area contributed by atoms with Gasteiger partial charge in [0.05, 0.1) is 21.7 Å². The molecule has 0 saturated heterocycles. The van der Waals surface area contributed by atoms with Gasteiger partial charge in [-0.1, -0.05) is 11.6 Å². The minimum atomic E-state index is -4.54. The number of hydrogen-bond acceptors (Lipinski definition) is 6. The Morgan fingerprint density at radius 3 is 2.54 bits per heavy atom. The van der Waals surface area contributed by atoms with Gasteiger partial charge >= 0.3 is 6.18 Å². The first-order valence-corrected chi connectivity index (χ1v) is 7.98. The number of nitrogens with one attached hydrogen (secondary N) is 1. The summed E-state index contributed by atoms with van der Waals surface area (Å²) in [5.41, 5.74) is 2.06. The fraction of sp³-hybridized carbons (Fsp3) is 0.0588. The van der Waals surface area contributed by atoms with E-state index in [0.29, 0.717) is 23.3 Å². The predicted octanol–water partition coefficient (Wildman–Crippen LogP) is 5.37. The quantitative estimate of drug-likeness (QED) is 0.347. The van der Waals surface area contributed by atoms with E-state index >= 15 is 0 Å². The van der Waals surface area contributed by atoms with Crippen molar-refractivity contribution < 1.29 is 22.5 Å². The van der Waals surface area contributed by atoms with Crippen molar-refractivity contribution in [1.82, 2.24) is 4.98 Å². The molecule has 0 saturated carbocycles. The summed E-state index contributed by atoms with van der Waals surface area (Å²) in [7, 11) is 0. The van der Waals surface area contributed by atoms with E-state index < -0.39 is 16.7 Å². The molecule has 2 aromatic heterocycles. The molecule has 28 heavy (non-hydrogen) atoms. The highest BCUT2D eigenvalue weighted by atomic mass is 35.5. The number of alkyl halides is 3. The number of nitro benzene ring substituents is 1. The highest BCUT2D eigenvalue weighted by Gasteiger charge is 2.31. The zero-order valence-electron chi connectivity index (χ0n) is 13.8. The molecule has 3 aromatic rings. The standard InChI is InChI=1S/C17H10ClF3N4O3/c18-14-7-11(17(19,20)21)8-22-16(14)24-23-9-13-5-6-15(28-13)10-1-3-12(4-2-10)25(26)27/h1-9H,(H,22,24). The highest BCUT2D eigenvalue weighted by molar-refractivity contribution is 6.32. The Morgan fingerprint density at radius 1 is 1.21 bits per heavy atom. The van der Waals surface area contributed by atoms with Crippen molar-refractivity contribution in [3.63, 3.8) is 0 Å². The fourth-order valence-corrected chi connectivity index (χ4v) is 2.37. The first-order chi connectivity index (χ1) is 13.2. The van der Waals surface area contributed by atoms with E-state index in [9.17, 15) is 23.3 Å². The van der Waals surface area contributed by atoms with Gasteiger partial charge in [0.15, 0.2) is 5.82 Å². The SMILES string of the molecule is O=[N+]([O-])c1ccc(-c2ccc(C=NNc3ncc(C(F)(F)F)cc3Cl)o2)cc1. The second-order valence-corrected chi connectivity index (χ2v) is 5.84. The van der Waals surface area contributed by atoms with Gasteiger partial charge in [0.2, 0.25) is 0 Å². The van der Waals surface area contributed by atoms with Gasteiger partial charge in [0, 0.05) is 23.9 Å². The Bertz CT molecular complexity index is 1030. The van der Waals surface area contributed by atoms with E-state index in [0.717, 1.165) is 6.07 Å². The van der Waals surface area contributed by atoms with Crippen molar-refractivity contribution in [2.75, 3.05) is 5.43 Å². The van der Waals surface area contributed by atoms with Gasteiger partial charge in [0.1, 0.15) is 11.5 Å². The molecule has 0 aliphatic carbocycles. The lowest BCUT2D eigenvalue weighted by atomic mass is 10.1. The minimum absolute atomic E-state index is 0.0396. The third kappa shape index (κ3) is 4.46. The molecule has 0 radical (unpaired) electrons. The van der Waals surface area contributed by atoms with E-state index in [1.54, 1.807) is 24.3 Å². The Morgan fingerprint density at radius 2 is 1.93 bits per heavy atom. The van der Waals surface area contributed by atoms with Gasteiger partial charge in [-0.2, -0.15) is 18.3 Å². The molecule has 0 spiro atoms. The topological polar surface area (TPSA) is 93.6 Å². The van der Waals surface area contributed by atoms with Crippen LogP contribution in [0.2, 0.25) is 5.02 Å². The van der Waals surface area contributed by atoms with Crippen molar-refractivity contribution in [3.8, 4) is 11.3 Å². The van der Waals surface area contributed by atoms with Crippen molar-refractivity contribution >= 4 is 29.3 Å². The molecule has 0 atom stereocenters. The minimum Gasteiger partial charge on any atom is -0.455 e. The summed E-state index contributed by atoms with van der Waals surface area (Å²) in [6, 6.07) is 9.78. The zero-order chi connectivity index (χ0) is 20.3. The van der Waals surface area contributed by atoms with Crippen molar-refractivity contribution in [1.29, 1.82) is 0 Å². The molecule has 0 unspecified atom stereocenters. The van der Waals surface area contributed by atoms with Crippen LogP contribution in [0.4, 0.5) is 24.7 Å². The molecular formula is C17H10ClF3N4O3. The third-order valence-electron chi connectivity index (χ3n) is 3.52. The number of furan rings is 1. The third-order valence-corrected chi connectivity index (χ3v) is 3.81. The molecule has 0 bridgehead atoms. The number of hydrazone groups is 1. The van der Waals surface area contributed by atoms with Crippen LogP contribution in [0, 0.1) is 10.1 Å². The monoisotopic (exact) mass is 410 g/mol. The van der Waals surface area contributed by atoms with Crippen molar-refractivity contribution in [2.45, 2.75) is 6.18 Å². The van der Waals surface area contributed by atoms with Crippen LogP contribution >= 0.6 is 11.6 Å². The molecule has 0 aliphatic rings. The zero-order valence-corrected chi connectivity index (χ0v) is 14.5. The first-order valence-electron chi connectivity index (χ1n) is 7.60. The molecule has 11 heteroatoms. The van der Waals surface area contributed by atoms with Gasteiger partial charge in [-0.25, -0.2) is 4.98 Å². The van der Waals surface area contributed by atoms with Gasteiger partial charge < -0.3 is 4.42 Å². The number of hydrogen-bond donors (Lipinski definition) is 1. The van der Waals surface area contributed by atoms with Crippen LogP contribution in [-0.4, -0.2) is 16.1 Å². The maximum absolute atomic E-state index is 12.6. The van der Waals surface area contributed by atoms with Crippen LogP contribution in [-0.2, 0) is 6.18 Å². The average Bonchev–Trinajstić information content (AvgIpc) is 3.11. The number of benzene rings is 1. The lowest BCUT2D eigenvalue weighted by Gasteiger charge is -2.08. The Hall–Kier alpha value is -3.40. The van der Waals surface area contributed by atoms with Crippen LogP contribution in [0.3, 0.4) is 0 Å². The highest BCUT2D eigenvalue weighted by Crippen LogP contribution is 2.32. The maximum atomic E-state index is 12.6. The summed E-state index contributed by atoms with van der Waals surface area (Å²) in [5, 5.41) is 14.3. The number of non-ortho nitro benzene ring substituents is 1. The molecule has 1 N–H and O–H groups in total. The second-order valence-electron chi connectivity index (χ2n) is 5.43. The van der Waals surface area contributed by atoms with Crippen LogP contribution in [0.15, 0.2) is 58.2 Å². The number of rotatable bonds is 5. The van der Waals surface area contributed by atoms with E-state index in [1.165, 1.54) is 18.3 Å². The van der Waals surface area contributed by atoms with Crippen LogP contribution in [0.1, 0.15) is 11.3 Å². The number of anilines is 1. The summed E-state index contributed by atoms with van der Waals surface area (Å²) in [6.45, 7) is 0. The molecule has 0 fully saturated rings. The summed E-state index contributed by atoms with van der Waals surface area (Å²) in [6.07, 6.45) is -2.62. The van der Waals surface area contributed by atoms with Crippen LogP contribution in [0.25, 0.3) is 11.3 Å². The fourth-order valence-electron chi connectivity index (χ4n) is 2.16. The Kier molecular flexibility index (Phi) is 5.32. The first kappa shape index (κ1) is 19.4. The van der Waals surface area contributed by atoms with Crippen LogP contribution in [0.5, 0.6) is 0 Å². The largest absolute Gasteiger partial charge is 0.455 e. The molecule has 0 aliphatic heterocycles. The van der Waals surface area contributed by atoms with E-state index in [2.05, 4.69) is 15.5 Å². The average molecular weight is 411 g/mol. The maximum Gasteiger partial charge on any atom is 0.417 e. The molecule has 144 valence electrons. The van der Waals surface area contributed by atoms with Gasteiger partial charge in [-0.15, -0.1) is 0 Å². The molecular weight excluding hydrogens is 401 g/mol. The normalized spacial score (nSPS) is 11.7. The number of nitro groups is 1. The van der Waals surface area contributed by atoms with Crippen LogP contribution < -0.4 is 5.43 Å². The smallest absolute Gasteiger partial charge is 0.417 e. The molecule has 3 rings (SSSR count). The Balaban J connectivity index is 1.68. The number of halogens is 4. The van der Waals surface area contributed by atoms with Crippen molar-refractivity contribution in [3.05, 3.63) is 75.1 Å². The van der Waals surface area contributed by atoms with Crippen molar-refractivity contribution in [2.24, 2.45) is 5.10 Å². The van der Waals surface area contributed by atoms with E-state index in [-0.39, 0.29) is 16.5 Å². The summed E-state index contributed by atoms with van der Waals surface area (Å²) >= 11 is 5.77. The summed E-state index contributed by atoms with van der Waals surface area (Å²) in [4.78, 5) is 13.8. The second kappa shape index (κ2) is 7.69. The summed E-state index contributed by atoms with van der Waals surface area (Å²) in [5.74, 6) is 0.749. The van der Waals surface area contributed by atoms with E-state index in [1.807, 2.05) is 0 Å².